The van der Waals surface area contributed by atoms with Crippen molar-refractivity contribution >= 4 is 28.9 Å². The molecule has 3 aromatic rings. The molecule has 268 valence electrons. The molecule has 2 N–H and O–H groups in total. The molecule has 2 aromatic heterocycles. The Morgan fingerprint density at radius 1 is 1.02 bits per heavy atom. The van der Waals surface area contributed by atoms with Crippen LogP contribution in [0.2, 0.25) is 0 Å². The van der Waals surface area contributed by atoms with Crippen molar-refractivity contribution in [1.82, 2.24) is 19.4 Å². The maximum absolute atomic E-state index is 13.8. The van der Waals surface area contributed by atoms with E-state index in [4.69, 9.17) is 24.9 Å². The number of ether oxygens (including phenoxy) is 3. The second kappa shape index (κ2) is 14.9. The number of pyridine rings is 2. The van der Waals surface area contributed by atoms with Gasteiger partial charge in [-0.2, -0.15) is 0 Å². The lowest BCUT2D eigenvalue weighted by atomic mass is 9.97. The summed E-state index contributed by atoms with van der Waals surface area (Å²) >= 11 is 0. The maximum Gasteiger partial charge on any atom is 0.415 e. The van der Waals surface area contributed by atoms with Crippen molar-refractivity contribution in [3.05, 3.63) is 56.9 Å². The van der Waals surface area contributed by atoms with Crippen LogP contribution in [0.5, 0.6) is 5.75 Å². The molecule has 4 aliphatic rings. The molecule has 0 aliphatic carbocycles. The normalized spacial score (nSPS) is 19.5. The molecule has 12 nitrogen and oxygen atoms in total. The molecule has 2 fully saturated rings. The predicted molar refractivity (Wildman–Crippen MR) is 189 cm³/mol. The summed E-state index contributed by atoms with van der Waals surface area (Å²) in [5, 5.41) is 0.851. The fourth-order valence-corrected chi connectivity index (χ4v) is 7.58. The first kappa shape index (κ1) is 35.5. The zero-order valence-corrected chi connectivity index (χ0v) is 29.8. The zero-order valence-electron chi connectivity index (χ0n) is 29.8. The molecule has 0 spiro atoms. The smallest absolute Gasteiger partial charge is 0.415 e. The molecule has 1 amide bonds. The van der Waals surface area contributed by atoms with Crippen molar-refractivity contribution in [3.8, 4) is 17.1 Å². The Labute approximate surface area is 292 Å². The SMILES string of the molecule is CC.CCc1c2c(nc3ccc(OC(=O)N4CCC(N5CCCCC5)CC4)cc13)-c1cc3c(c(=O)n1C2)COC(=O)[C@H]3OC(=O)C(N)C(C)C. The molecule has 2 atom stereocenters. The highest BCUT2D eigenvalue weighted by atomic mass is 16.6. The van der Waals surface area contributed by atoms with Crippen LogP contribution < -0.4 is 16.0 Å². The van der Waals surface area contributed by atoms with Crippen molar-refractivity contribution in [3.63, 3.8) is 0 Å². The molecule has 2 saturated heterocycles. The monoisotopic (exact) mass is 687 g/mol. The van der Waals surface area contributed by atoms with E-state index in [9.17, 15) is 19.2 Å². The minimum Gasteiger partial charge on any atom is -0.458 e. The Bertz CT molecular complexity index is 1840. The van der Waals surface area contributed by atoms with Gasteiger partial charge in [0.1, 0.15) is 18.4 Å². The lowest BCUT2D eigenvalue weighted by Crippen LogP contribution is -2.48. The number of nitrogens with zero attached hydrogens (tertiary/aromatic N) is 4. The van der Waals surface area contributed by atoms with Gasteiger partial charge in [0, 0.05) is 35.6 Å². The van der Waals surface area contributed by atoms with Gasteiger partial charge in [0.15, 0.2) is 0 Å². The average Bonchev–Trinajstić information content (AvgIpc) is 3.51. The number of esters is 2. The molecule has 1 aromatic carbocycles. The number of hydrogen-bond donors (Lipinski definition) is 1. The number of nitrogens with two attached hydrogens (primary N) is 1. The Kier molecular flexibility index (Phi) is 10.6. The van der Waals surface area contributed by atoms with E-state index in [2.05, 4.69) is 4.90 Å². The number of aryl methyl sites for hydroxylation is 1. The largest absolute Gasteiger partial charge is 0.458 e. The summed E-state index contributed by atoms with van der Waals surface area (Å²) in [6.45, 7) is 13.3. The molecule has 0 bridgehead atoms. The van der Waals surface area contributed by atoms with Gasteiger partial charge in [-0.1, -0.05) is 41.0 Å². The van der Waals surface area contributed by atoms with Crippen LogP contribution >= 0.6 is 0 Å². The minimum absolute atomic E-state index is 0.204. The van der Waals surface area contributed by atoms with Crippen LogP contribution in [0.1, 0.15) is 95.1 Å². The third-order valence-electron chi connectivity index (χ3n) is 10.4. The number of likely N-dealkylation sites (tertiary alicyclic amines) is 2. The molecule has 50 heavy (non-hydrogen) atoms. The van der Waals surface area contributed by atoms with Gasteiger partial charge in [-0.05, 0) is 80.9 Å². The van der Waals surface area contributed by atoms with E-state index in [-0.39, 0.29) is 36.3 Å². The van der Waals surface area contributed by atoms with Gasteiger partial charge in [-0.25, -0.2) is 14.6 Å². The Morgan fingerprint density at radius 3 is 2.42 bits per heavy atom. The molecular weight excluding hydrogens is 638 g/mol. The summed E-state index contributed by atoms with van der Waals surface area (Å²) in [4.78, 5) is 61.9. The summed E-state index contributed by atoms with van der Waals surface area (Å²) in [6, 6.07) is 6.75. The van der Waals surface area contributed by atoms with Gasteiger partial charge in [0.25, 0.3) is 5.56 Å². The van der Waals surface area contributed by atoms with Crippen molar-refractivity contribution < 1.29 is 28.6 Å². The van der Waals surface area contributed by atoms with E-state index in [0.29, 0.717) is 53.8 Å². The molecule has 0 radical (unpaired) electrons. The van der Waals surface area contributed by atoms with Crippen LogP contribution in [0.15, 0.2) is 29.1 Å². The summed E-state index contributed by atoms with van der Waals surface area (Å²) in [5.41, 5.74) is 9.95. The molecule has 12 heteroatoms. The molecular formula is C38H49N5O7. The minimum atomic E-state index is -1.40. The molecule has 4 aliphatic heterocycles. The van der Waals surface area contributed by atoms with Gasteiger partial charge >= 0.3 is 18.0 Å². The highest BCUT2D eigenvalue weighted by Crippen LogP contribution is 2.39. The molecule has 7 rings (SSSR count). The van der Waals surface area contributed by atoms with Crippen LogP contribution in [0.3, 0.4) is 0 Å². The summed E-state index contributed by atoms with van der Waals surface area (Å²) in [5.74, 6) is -1.24. The number of fused-ring (bicyclic) bond motifs is 5. The molecule has 6 heterocycles. The lowest BCUT2D eigenvalue weighted by Gasteiger charge is -2.39. The lowest BCUT2D eigenvalue weighted by molar-refractivity contribution is -0.173. The fraction of sp³-hybridized carbons (Fsp3) is 0.553. The predicted octanol–water partition coefficient (Wildman–Crippen LogP) is 5.09. The Morgan fingerprint density at radius 2 is 1.74 bits per heavy atom. The maximum atomic E-state index is 13.8. The first-order valence-electron chi connectivity index (χ1n) is 18.2. The highest BCUT2D eigenvalue weighted by Gasteiger charge is 2.39. The van der Waals surface area contributed by atoms with Crippen molar-refractivity contribution in [1.29, 1.82) is 0 Å². The number of carbonyl (C=O) groups excluding carboxylic acids is 3. The number of benzene rings is 1. The summed E-state index contributed by atoms with van der Waals surface area (Å²) in [7, 11) is 0. The summed E-state index contributed by atoms with van der Waals surface area (Å²) in [6.07, 6.45) is 4.66. The summed E-state index contributed by atoms with van der Waals surface area (Å²) < 4.78 is 18.3. The standard InChI is InChI=1S/C36H43N5O7.C2H6/c1-4-23-24-16-22(47-36(45)40-14-10-21(11-15-40)39-12-6-5-7-13-39)8-9-28(24)38-31-26(23)18-41-29(31)17-25-27(33(41)42)19-46-35(44)32(25)48-34(43)30(37)20(2)3;1-2/h8-9,16-17,20-21,30,32H,4-7,10-15,18-19,37H2,1-3H3;1-2H3/t30?,32-;/m0./s1. The van der Waals surface area contributed by atoms with Crippen LogP contribution in [0, 0.1) is 5.92 Å². The van der Waals surface area contributed by atoms with E-state index < -0.39 is 24.1 Å². The Balaban J connectivity index is 0.00000212. The second-order valence-corrected chi connectivity index (χ2v) is 13.7. The molecule has 0 saturated carbocycles. The van der Waals surface area contributed by atoms with Crippen molar-refractivity contribution in [2.24, 2.45) is 11.7 Å². The van der Waals surface area contributed by atoms with E-state index >= 15 is 0 Å². The first-order chi connectivity index (χ1) is 24.1. The number of rotatable bonds is 6. The quantitative estimate of drug-likeness (QED) is 0.272. The Hall–Kier alpha value is -4.29. The average molecular weight is 688 g/mol. The van der Waals surface area contributed by atoms with Gasteiger partial charge in [0.05, 0.1) is 29.0 Å². The van der Waals surface area contributed by atoms with Gasteiger partial charge in [0.2, 0.25) is 6.10 Å². The van der Waals surface area contributed by atoms with Crippen LogP contribution in [0.4, 0.5) is 4.79 Å². The first-order valence-corrected chi connectivity index (χ1v) is 18.2. The number of carbonyl (C=O) groups is 3. The third kappa shape index (κ3) is 6.62. The number of piperidine rings is 2. The van der Waals surface area contributed by atoms with Crippen molar-refractivity contribution in [2.75, 3.05) is 26.2 Å². The fourth-order valence-electron chi connectivity index (χ4n) is 7.58. The van der Waals surface area contributed by atoms with E-state index in [1.54, 1.807) is 35.4 Å². The topological polar surface area (TPSA) is 146 Å². The number of hydrogen-bond acceptors (Lipinski definition) is 10. The van der Waals surface area contributed by atoms with E-state index in [0.717, 1.165) is 42.4 Å². The van der Waals surface area contributed by atoms with E-state index in [1.165, 1.54) is 19.3 Å². The number of amides is 1. The van der Waals surface area contributed by atoms with Gasteiger partial charge < -0.3 is 34.3 Å². The second-order valence-electron chi connectivity index (χ2n) is 13.7. The third-order valence-corrected chi connectivity index (χ3v) is 10.4. The van der Waals surface area contributed by atoms with Gasteiger partial charge in [-0.3, -0.25) is 9.59 Å². The number of cyclic esters (lactones) is 1. The van der Waals surface area contributed by atoms with Crippen LogP contribution in [0.25, 0.3) is 22.3 Å². The van der Waals surface area contributed by atoms with Crippen molar-refractivity contribution in [2.45, 2.75) is 104 Å². The number of aromatic nitrogens is 2. The van der Waals surface area contributed by atoms with Gasteiger partial charge in [-0.15, -0.1) is 0 Å². The van der Waals surface area contributed by atoms with Crippen LogP contribution in [-0.4, -0.2) is 75.6 Å². The highest BCUT2D eigenvalue weighted by molar-refractivity contribution is 5.90. The molecule has 1 unspecified atom stereocenters. The zero-order chi connectivity index (χ0) is 35.7. The van der Waals surface area contributed by atoms with Crippen LogP contribution in [-0.2, 0) is 38.6 Å². The van der Waals surface area contributed by atoms with E-state index in [1.807, 2.05) is 32.9 Å².